The first-order valence-corrected chi connectivity index (χ1v) is 13.1. The Kier molecular flexibility index (Phi) is 6.19. The van der Waals surface area contributed by atoms with Crippen molar-refractivity contribution in [3.8, 4) is 0 Å². The van der Waals surface area contributed by atoms with E-state index < -0.39 is 16.0 Å². The van der Waals surface area contributed by atoms with Gasteiger partial charge < -0.3 is 20.1 Å². The maximum Gasteiger partial charge on any atom is 0.229 e. The molecule has 2 saturated heterocycles. The lowest BCUT2D eigenvalue weighted by atomic mass is 9.85. The number of aryl methyl sites for hydroxylation is 1. The molecule has 2 N–H and O–H groups in total. The normalized spacial score (nSPS) is 31.2. The minimum absolute atomic E-state index is 0.0121. The van der Waals surface area contributed by atoms with Crippen molar-refractivity contribution in [1.29, 1.82) is 0 Å². The highest BCUT2D eigenvalue weighted by Crippen LogP contribution is 2.36. The van der Waals surface area contributed by atoms with Gasteiger partial charge in [0.1, 0.15) is 17.3 Å². The van der Waals surface area contributed by atoms with Crippen molar-refractivity contribution < 1.29 is 22.3 Å². The number of rotatable bonds is 8. The molecule has 4 heterocycles. The Balaban J connectivity index is 1.20. The summed E-state index contributed by atoms with van der Waals surface area (Å²) in [5.74, 6) is 0.479. The molecule has 33 heavy (non-hydrogen) atoms. The van der Waals surface area contributed by atoms with Crippen molar-refractivity contribution >= 4 is 38.9 Å². The molecule has 180 valence electrons. The predicted octanol–water partition coefficient (Wildman–Crippen LogP) is 1.96. The Morgan fingerprint density at radius 3 is 2.73 bits per heavy atom. The van der Waals surface area contributed by atoms with Crippen molar-refractivity contribution in [2.75, 3.05) is 35.4 Å². The Hall–Kier alpha value is -2.02. The highest BCUT2D eigenvalue weighted by atomic mass is 35.5. The molecule has 1 saturated carbocycles. The van der Waals surface area contributed by atoms with E-state index in [-0.39, 0.29) is 41.6 Å². The molecule has 0 bridgehead atoms. The van der Waals surface area contributed by atoms with Crippen LogP contribution in [0.3, 0.4) is 0 Å². The van der Waals surface area contributed by atoms with Crippen LogP contribution in [0, 0.1) is 11.8 Å². The third-order valence-electron chi connectivity index (χ3n) is 6.32. The minimum Gasteiger partial charge on any atom is -0.373 e. The van der Waals surface area contributed by atoms with Crippen LogP contribution in [0.4, 0.5) is 21.8 Å². The van der Waals surface area contributed by atoms with Crippen LogP contribution in [0.15, 0.2) is 18.6 Å². The maximum absolute atomic E-state index is 13.0. The van der Waals surface area contributed by atoms with E-state index in [9.17, 15) is 12.8 Å². The van der Waals surface area contributed by atoms with Gasteiger partial charge in [0.05, 0.1) is 54.9 Å². The Labute approximate surface area is 196 Å². The molecule has 0 spiro atoms. The van der Waals surface area contributed by atoms with E-state index in [2.05, 4.69) is 25.7 Å². The Morgan fingerprint density at radius 2 is 2.00 bits per heavy atom. The molecule has 2 aromatic rings. The summed E-state index contributed by atoms with van der Waals surface area (Å²) in [6.45, 7) is 0.637. The van der Waals surface area contributed by atoms with Crippen molar-refractivity contribution in [3.05, 3.63) is 23.6 Å². The van der Waals surface area contributed by atoms with E-state index in [4.69, 9.17) is 21.1 Å². The van der Waals surface area contributed by atoms with Crippen LogP contribution in [0.5, 0.6) is 0 Å². The number of fused-ring (bicyclic) bond motifs is 1. The monoisotopic (exact) mass is 500 g/mol. The Morgan fingerprint density at radius 1 is 1.21 bits per heavy atom. The molecule has 3 fully saturated rings. The van der Waals surface area contributed by atoms with Gasteiger partial charge in [-0.2, -0.15) is 10.1 Å². The zero-order valence-electron chi connectivity index (χ0n) is 18.0. The van der Waals surface area contributed by atoms with Crippen LogP contribution in [0.2, 0.25) is 5.02 Å². The molecule has 2 aliphatic heterocycles. The number of nitrogens with one attached hydrogen (secondary N) is 2. The van der Waals surface area contributed by atoms with Gasteiger partial charge in [-0.25, -0.2) is 17.8 Å². The van der Waals surface area contributed by atoms with Crippen LogP contribution >= 0.6 is 11.6 Å². The first-order chi connectivity index (χ1) is 15.8. The lowest BCUT2D eigenvalue weighted by Crippen LogP contribution is -2.37. The largest absolute Gasteiger partial charge is 0.373 e. The SMILES string of the molecule is Cn1cc(Nc2ncc(Cl)c(N[C@@H]3COC4C3OC[C@@H]4CS(=O)(=O)CC3CC(F)C3)n2)cn1. The first-order valence-electron chi connectivity index (χ1n) is 10.9. The summed E-state index contributed by atoms with van der Waals surface area (Å²) < 4.78 is 51.7. The zero-order valence-corrected chi connectivity index (χ0v) is 19.6. The van der Waals surface area contributed by atoms with Gasteiger partial charge in [-0.1, -0.05) is 11.6 Å². The molecule has 2 unspecified atom stereocenters. The smallest absolute Gasteiger partial charge is 0.229 e. The molecule has 1 aliphatic carbocycles. The van der Waals surface area contributed by atoms with E-state index in [0.717, 1.165) is 5.69 Å². The summed E-state index contributed by atoms with van der Waals surface area (Å²) in [6, 6.07) is -0.236. The molecule has 2 aromatic heterocycles. The van der Waals surface area contributed by atoms with E-state index >= 15 is 0 Å². The number of aromatic nitrogens is 4. The van der Waals surface area contributed by atoms with Gasteiger partial charge in [-0.15, -0.1) is 0 Å². The number of halogens is 2. The molecule has 0 amide bonds. The molecule has 13 heteroatoms. The van der Waals surface area contributed by atoms with Crippen LogP contribution in [-0.2, 0) is 26.4 Å². The fourth-order valence-corrected chi connectivity index (χ4v) is 6.92. The number of hydrogen-bond donors (Lipinski definition) is 2. The third-order valence-corrected chi connectivity index (χ3v) is 8.51. The number of sulfone groups is 1. The summed E-state index contributed by atoms with van der Waals surface area (Å²) in [7, 11) is -1.50. The minimum atomic E-state index is -3.31. The van der Waals surface area contributed by atoms with Gasteiger partial charge >= 0.3 is 0 Å². The number of ether oxygens (including phenoxy) is 2. The molecular weight excluding hydrogens is 475 g/mol. The molecule has 3 aliphatic rings. The second kappa shape index (κ2) is 8.97. The molecule has 0 radical (unpaired) electrons. The van der Waals surface area contributed by atoms with Crippen molar-refractivity contribution in [3.63, 3.8) is 0 Å². The second-order valence-electron chi connectivity index (χ2n) is 9.04. The fourth-order valence-electron chi connectivity index (χ4n) is 4.71. The topological polar surface area (TPSA) is 120 Å². The fraction of sp³-hybridized carbons (Fsp3) is 0.650. The maximum atomic E-state index is 13.0. The summed E-state index contributed by atoms with van der Waals surface area (Å²) in [6.07, 6.45) is 4.12. The summed E-state index contributed by atoms with van der Waals surface area (Å²) in [4.78, 5) is 8.64. The number of alkyl halides is 1. The highest BCUT2D eigenvalue weighted by molar-refractivity contribution is 7.91. The lowest BCUT2D eigenvalue weighted by molar-refractivity contribution is 0.0656. The van der Waals surface area contributed by atoms with Crippen molar-refractivity contribution in [1.82, 2.24) is 19.7 Å². The lowest BCUT2D eigenvalue weighted by Gasteiger charge is -2.29. The van der Waals surface area contributed by atoms with Crippen molar-refractivity contribution in [2.24, 2.45) is 18.9 Å². The van der Waals surface area contributed by atoms with Crippen LogP contribution < -0.4 is 10.6 Å². The van der Waals surface area contributed by atoms with Crippen LogP contribution in [-0.4, -0.2) is 77.3 Å². The first kappa shape index (κ1) is 22.8. The van der Waals surface area contributed by atoms with Crippen molar-refractivity contribution in [2.45, 2.75) is 37.3 Å². The Bertz CT molecular complexity index is 1110. The van der Waals surface area contributed by atoms with Crippen LogP contribution in [0.25, 0.3) is 0 Å². The van der Waals surface area contributed by atoms with Gasteiger partial charge in [-0.05, 0) is 18.8 Å². The van der Waals surface area contributed by atoms with Gasteiger partial charge in [0.15, 0.2) is 15.7 Å². The predicted molar refractivity (Wildman–Crippen MR) is 120 cm³/mol. The van der Waals surface area contributed by atoms with E-state index in [1.807, 2.05) is 7.05 Å². The second-order valence-corrected chi connectivity index (χ2v) is 11.6. The quantitative estimate of drug-likeness (QED) is 0.560. The summed E-state index contributed by atoms with van der Waals surface area (Å²) in [5, 5.41) is 10.8. The summed E-state index contributed by atoms with van der Waals surface area (Å²) in [5.41, 5.74) is 0.738. The number of hydrogen-bond acceptors (Lipinski definition) is 9. The molecule has 5 rings (SSSR count). The van der Waals surface area contributed by atoms with E-state index in [1.165, 1.54) is 6.20 Å². The molecular formula is C20H26ClFN6O4S. The van der Waals surface area contributed by atoms with Gasteiger partial charge in [0.2, 0.25) is 5.95 Å². The van der Waals surface area contributed by atoms with E-state index in [1.54, 1.807) is 17.1 Å². The number of nitrogens with zero attached hydrogens (tertiary/aromatic N) is 4. The molecule has 4 atom stereocenters. The van der Waals surface area contributed by atoms with Crippen LogP contribution in [0.1, 0.15) is 12.8 Å². The number of anilines is 3. The highest BCUT2D eigenvalue weighted by Gasteiger charge is 2.49. The third kappa shape index (κ3) is 5.08. The van der Waals surface area contributed by atoms with Gasteiger partial charge in [-0.3, -0.25) is 4.68 Å². The average molecular weight is 501 g/mol. The van der Waals surface area contributed by atoms with Gasteiger partial charge in [0, 0.05) is 19.2 Å². The van der Waals surface area contributed by atoms with E-state index in [0.29, 0.717) is 42.8 Å². The zero-order chi connectivity index (χ0) is 23.2. The standard InChI is InChI=1S/C20H26ClFN6O4S/c1-28-6-14(4-24-28)25-20-23-5-15(21)19(27-20)26-16-8-32-17-12(7-31-18(16)17)10-33(29,30)9-11-2-13(22)3-11/h4-6,11-13,16-18H,2-3,7-10H2,1H3,(H2,23,25,26,27)/t11?,12-,13?,16-,17?,18?/m1/s1. The van der Waals surface area contributed by atoms with Gasteiger partial charge in [0.25, 0.3) is 0 Å². The molecule has 0 aromatic carbocycles. The average Bonchev–Trinajstić information content (AvgIpc) is 3.42. The summed E-state index contributed by atoms with van der Waals surface area (Å²) >= 11 is 6.30. The molecule has 10 nitrogen and oxygen atoms in total.